The zero-order valence-corrected chi connectivity index (χ0v) is 12.6. The Morgan fingerprint density at radius 2 is 2.00 bits per heavy atom. The molecule has 0 saturated carbocycles. The Kier molecular flexibility index (Phi) is 4.32. The quantitative estimate of drug-likeness (QED) is 0.863. The van der Waals surface area contributed by atoms with E-state index in [0.717, 1.165) is 25.8 Å². The molecule has 2 aliphatic heterocycles. The van der Waals surface area contributed by atoms with Gasteiger partial charge >= 0.3 is 0 Å². The predicted molar refractivity (Wildman–Crippen MR) is 78.3 cm³/mol. The van der Waals surface area contributed by atoms with Crippen molar-refractivity contribution in [1.82, 2.24) is 10.0 Å². The van der Waals surface area contributed by atoms with Crippen LogP contribution in [0.3, 0.4) is 0 Å². The molecule has 0 bridgehead atoms. The van der Waals surface area contributed by atoms with Gasteiger partial charge in [-0.2, -0.15) is 0 Å². The van der Waals surface area contributed by atoms with Crippen LogP contribution in [-0.2, 0) is 10.0 Å². The van der Waals surface area contributed by atoms with Crippen LogP contribution >= 0.6 is 0 Å². The molecular formula is C14H20N2O4S. The summed E-state index contributed by atoms with van der Waals surface area (Å²) in [5.74, 6) is 1.08. The SMILES string of the molecule is O=S(=O)(NCC1CCCCN1)c1ccc2c(c1)OCCO2. The molecule has 1 fully saturated rings. The Hall–Kier alpha value is -1.31. The molecular weight excluding hydrogens is 292 g/mol. The smallest absolute Gasteiger partial charge is 0.240 e. The fourth-order valence-corrected chi connectivity index (χ4v) is 3.68. The first-order valence-corrected chi connectivity index (χ1v) is 8.76. The van der Waals surface area contributed by atoms with Gasteiger partial charge in [-0.05, 0) is 31.5 Å². The molecule has 1 unspecified atom stereocenters. The summed E-state index contributed by atoms with van der Waals surface area (Å²) in [5.41, 5.74) is 0. The van der Waals surface area contributed by atoms with Gasteiger partial charge in [-0.25, -0.2) is 13.1 Å². The maximum absolute atomic E-state index is 12.3. The third-order valence-electron chi connectivity index (χ3n) is 3.76. The minimum absolute atomic E-state index is 0.211. The van der Waals surface area contributed by atoms with Crippen LogP contribution in [0.1, 0.15) is 19.3 Å². The number of hydrogen-bond acceptors (Lipinski definition) is 5. The highest BCUT2D eigenvalue weighted by atomic mass is 32.2. The summed E-state index contributed by atoms with van der Waals surface area (Å²) in [5, 5.41) is 3.32. The van der Waals surface area contributed by atoms with Gasteiger partial charge in [-0.1, -0.05) is 6.42 Å². The van der Waals surface area contributed by atoms with Crippen LogP contribution in [0.2, 0.25) is 0 Å². The van der Waals surface area contributed by atoms with Gasteiger partial charge < -0.3 is 14.8 Å². The van der Waals surface area contributed by atoms with E-state index in [4.69, 9.17) is 9.47 Å². The van der Waals surface area contributed by atoms with Gasteiger partial charge in [0.2, 0.25) is 10.0 Å². The number of fused-ring (bicyclic) bond motifs is 1. The van der Waals surface area contributed by atoms with Gasteiger partial charge in [-0.15, -0.1) is 0 Å². The molecule has 2 aliphatic rings. The summed E-state index contributed by atoms with van der Waals surface area (Å²) in [6, 6.07) is 4.92. The average molecular weight is 312 g/mol. The first-order valence-electron chi connectivity index (χ1n) is 7.28. The van der Waals surface area contributed by atoms with E-state index < -0.39 is 10.0 Å². The van der Waals surface area contributed by atoms with E-state index >= 15 is 0 Å². The number of hydrogen-bond donors (Lipinski definition) is 2. The van der Waals surface area contributed by atoms with E-state index in [1.165, 1.54) is 6.07 Å². The van der Waals surface area contributed by atoms with Crippen LogP contribution in [0.15, 0.2) is 23.1 Å². The first-order chi connectivity index (χ1) is 10.1. The topological polar surface area (TPSA) is 76.7 Å². The van der Waals surface area contributed by atoms with Gasteiger partial charge in [-0.3, -0.25) is 0 Å². The summed E-state index contributed by atoms with van der Waals surface area (Å²) in [6.07, 6.45) is 3.30. The summed E-state index contributed by atoms with van der Waals surface area (Å²) in [4.78, 5) is 0.211. The molecule has 0 spiro atoms. The molecule has 7 heteroatoms. The largest absolute Gasteiger partial charge is 0.486 e. The lowest BCUT2D eigenvalue weighted by Crippen LogP contribution is -2.43. The lowest BCUT2D eigenvalue weighted by atomic mass is 10.1. The van der Waals surface area contributed by atoms with Crippen LogP contribution in [-0.4, -0.2) is 40.8 Å². The van der Waals surface area contributed by atoms with Crippen molar-refractivity contribution in [3.05, 3.63) is 18.2 Å². The molecule has 1 saturated heterocycles. The fraction of sp³-hybridized carbons (Fsp3) is 0.571. The Balaban J connectivity index is 1.69. The van der Waals surface area contributed by atoms with Crippen molar-refractivity contribution in [2.75, 3.05) is 26.3 Å². The standard InChI is InChI=1S/C14H20N2O4S/c17-21(18,16-10-11-3-1-2-6-15-11)12-4-5-13-14(9-12)20-8-7-19-13/h4-5,9,11,15-16H,1-3,6-8,10H2. The van der Waals surface area contributed by atoms with Gasteiger partial charge in [0.1, 0.15) is 13.2 Å². The Labute approximate surface area is 124 Å². The second-order valence-corrected chi connectivity index (χ2v) is 7.07. The number of ether oxygens (including phenoxy) is 2. The predicted octanol–water partition coefficient (Wildman–Crippen LogP) is 0.878. The molecule has 116 valence electrons. The zero-order valence-electron chi connectivity index (χ0n) is 11.8. The van der Waals surface area contributed by atoms with Crippen molar-refractivity contribution in [2.45, 2.75) is 30.2 Å². The highest BCUT2D eigenvalue weighted by Gasteiger charge is 2.21. The molecule has 3 rings (SSSR count). The molecule has 0 aromatic heterocycles. The molecule has 1 atom stereocenters. The molecule has 0 aliphatic carbocycles. The molecule has 2 N–H and O–H groups in total. The van der Waals surface area contributed by atoms with E-state index in [1.54, 1.807) is 12.1 Å². The highest BCUT2D eigenvalue weighted by molar-refractivity contribution is 7.89. The van der Waals surface area contributed by atoms with E-state index in [0.29, 0.717) is 31.3 Å². The van der Waals surface area contributed by atoms with Crippen molar-refractivity contribution in [3.63, 3.8) is 0 Å². The van der Waals surface area contributed by atoms with Gasteiger partial charge in [0.05, 0.1) is 4.90 Å². The molecule has 1 aromatic carbocycles. The third-order valence-corrected chi connectivity index (χ3v) is 5.18. The van der Waals surface area contributed by atoms with Crippen LogP contribution in [0.25, 0.3) is 0 Å². The number of rotatable bonds is 4. The maximum Gasteiger partial charge on any atom is 0.240 e. The van der Waals surface area contributed by atoms with Gasteiger partial charge in [0.25, 0.3) is 0 Å². The van der Waals surface area contributed by atoms with Crippen molar-refractivity contribution >= 4 is 10.0 Å². The highest BCUT2D eigenvalue weighted by Crippen LogP contribution is 2.32. The Bertz CT molecular complexity index is 597. The molecule has 21 heavy (non-hydrogen) atoms. The molecule has 0 radical (unpaired) electrons. The van der Waals surface area contributed by atoms with E-state index in [2.05, 4.69) is 10.0 Å². The Morgan fingerprint density at radius 1 is 1.19 bits per heavy atom. The average Bonchev–Trinajstić information content (AvgIpc) is 2.53. The van der Waals surface area contributed by atoms with Crippen LogP contribution in [0.5, 0.6) is 11.5 Å². The van der Waals surface area contributed by atoms with Crippen molar-refractivity contribution in [2.24, 2.45) is 0 Å². The minimum Gasteiger partial charge on any atom is -0.486 e. The second-order valence-electron chi connectivity index (χ2n) is 5.30. The summed E-state index contributed by atoms with van der Waals surface area (Å²) in [7, 11) is -3.52. The van der Waals surface area contributed by atoms with Crippen LogP contribution in [0, 0.1) is 0 Å². The van der Waals surface area contributed by atoms with E-state index in [-0.39, 0.29) is 10.9 Å². The third kappa shape index (κ3) is 3.48. The maximum atomic E-state index is 12.3. The lowest BCUT2D eigenvalue weighted by Gasteiger charge is -2.23. The minimum atomic E-state index is -3.52. The van der Waals surface area contributed by atoms with Crippen LogP contribution < -0.4 is 19.5 Å². The van der Waals surface area contributed by atoms with Crippen LogP contribution in [0.4, 0.5) is 0 Å². The summed E-state index contributed by atoms with van der Waals surface area (Å²) < 4.78 is 38.1. The number of benzene rings is 1. The number of sulfonamides is 1. The van der Waals surface area contributed by atoms with Crippen molar-refractivity contribution in [1.29, 1.82) is 0 Å². The van der Waals surface area contributed by atoms with Crippen molar-refractivity contribution in [3.8, 4) is 11.5 Å². The van der Waals surface area contributed by atoms with Gasteiger partial charge in [0, 0.05) is 18.7 Å². The Morgan fingerprint density at radius 3 is 2.76 bits per heavy atom. The normalized spacial score (nSPS) is 22.0. The lowest BCUT2D eigenvalue weighted by molar-refractivity contribution is 0.171. The molecule has 1 aromatic rings. The molecule has 0 amide bonds. The molecule has 6 nitrogen and oxygen atoms in total. The number of piperidine rings is 1. The fourth-order valence-electron chi connectivity index (χ4n) is 2.58. The van der Waals surface area contributed by atoms with Gasteiger partial charge in [0.15, 0.2) is 11.5 Å². The zero-order chi connectivity index (χ0) is 14.7. The van der Waals surface area contributed by atoms with Crippen molar-refractivity contribution < 1.29 is 17.9 Å². The van der Waals surface area contributed by atoms with E-state index in [9.17, 15) is 8.42 Å². The summed E-state index contributed by atoms with van der Waals surface area (Å²) in [6.45, 7) is 2.30. The van der Waals surface area contributed by atoms with E-state index in [1.807, 2.05) is 0 Å². The summed E-state index contributed by atoms with van der Waals surface area (Å²) >= 11 is 0. The number of nitrogens with one attached hydrogen (secondary N) is 2. The first kappa shape index (κ1) is 14.6. The second kappa shape index (κ2) is 6.21. The monoisotopic (exact) mass is 312 g/mol. The molecule has 2 heterocycles.